The van der Waals surface area contributed by atoms with Crippen LogP contribution in [0.15, 0.2) is 12.1 Å². The predicted octanol–water partition coefficient (Wildman–Crippen LogP) is 3.55. The minimum Gasteiger partial charge on any atom is -0.356 e. The molecule has 2 rings (SSSR count). The smallest absolute Gasteiger partial charge is 0.243 e. The van der Waals surface area contributed by atoms with E-state index in [2.05, 4.69) is 26.1 Å². The molecule has 17 heavy (non-hydrogen) atoms. The Labute approximate surface area is 111 Å². The first-order valence-electron chi connectivity index (χ1n) is 5.35. The molecule has 1 aliphatic heterocycles. The summed E-state index contributed by atoms with van der Waals surface area (Å²) >= 11 is 12.0. The van der Waals surface area contributed by atoms with Crippen molar-refractivity contribution in [1.82, 2.24) is 0 Å². The molecule has 0 aromatic heterocycles. The van der Waals surface area contributed by atoms with Crippen molar-refractivity contribution >= 4 is 40.5 Å². The summed E-state index contributed by atoms with van der Waals surface area (Å²) in [6.07, 6.45) is 0. The lowest BCUT2D eigenvalue weighted by Gasteiger charge is -2.41. The van der Waals surface area contributed by atoms with Crippen LogP contribution in [0.2, 0.25) is 10.0 Å². The molecular formula is C12H14Cl2N2O. The lowest BCUT2D eigenvalue weighted by atomic mass is 10.0. The summed E-state index contributed by atoms with van der Waals surface area (Å²) in [6, 6.07) is 3.49. The normalized spacial score (nSPS) is 15.6. The zero-order chi connectivity index (χ0) is 12.8. The van der Waals surface area contributed by atoms with Crippen molar-refractivity contribution in [2.75, 3.05) is 16.8 Å². The number of amides is 1. The van der Waals surface area contributed by atoms with Gasteiger partial charge in [0, 0.05) is 5.54 Å². The minimum atomic E-state index is -0.149. The highest BCUT2D eigenvalue weighted by Crippen LogP contribution is 2.39. The van der Waals surface area contributed by atoms with Crippen molar-refractivity contribution < 1.29 is 4.79 Å². The van der Waals surface area contributed by atoms with E-state index in [4.69, 9.17) is 23.2 Å². The second-order valence-electron chi connectivity index (χ2n) is 5.09. The Kier molecular flexibility index (Phi) is 3.00. The highest BCUT2D eigenvalue weighted by molar-refractivity contribution is 6.42. The average molecular weight is 273 g/mol. The zero-order valence-electron chi connectivity index (χ0n) is 9.97. The molecule has 92 valence electrons. The van der Waals surface area contributed by atoms with Crippen LogP contribution in [0.25, 0.3) is 0 Å². The molecule has 1 heterocycles. The highest BCUT2D eigenvalue weighted by Gasteiger charge is 2.30. The van der Waals surface area contributed by atoms with E-state index in [9.17, 15) is 4.79 Å². The maximum Gasteiger partial charge on any atom is 0.243 e. The third-order valence-corrected chi connectivity index (χ3v) is 3.44. The molecule has 0 radical (unpaired) electrons. The van der Waals surface area contributed by atoms with Crippen LogP contribution in [-0.4, -0.2) is 18.0 Å². The van der Waals surface area contributed by atoms with Crippen LogP contribution in [-0.2, 0) is 4.79 Å². The Hall–Kier alpha value is -0.930. The number of nitrogens with one attached hydrogen (secondary N) is 1. The van der Waals surface area contributed by atoms with Crippen LogP contribution in [0.5, 0.6) is 0 Å². The van der Waals surface area contributed by atoms with Crippen LogP contribution in [0.3, 0.4) is 0 Å². The van der Waals surface area contributed by atoms with Crippen molar-refractivity contribution in [2.45, 2.75) is 26.3 Å². The predicted molar refractivity (Wildman–Crippen MR) is 72.2 cm³/mol. The number of rotatable bonds is 0. The largest absolute Gasteiger partial charge is 0.356 e. The van der Waals surface area contributed by atoms with Gasteiger partial charge in [0.1, 0.15) is 0 Å². The van der Waals surface area contributed by atoms with E-state index >= 15 is 0 Å². The molecule has 0 saturated carbocycles. The second kappa shape index (κ2) is 4.07. The Morgan fingerprint density at radius 1 is 1.24 bits per heavy atom. The summed E-state index contributed by atoms with van der Waals surface area (Å²) in [5.74, 6) is -0.0363. The first-order chi connectivity index (χ1) is 7.79. The number of nitrogens with zero attached hydrogens (tertiary/aromatic N) is 1. The fraction of sp³-hybridized carbons (Fsp3) is 0.417. The van der Waals surface area contributed by atoms with Gasteiger partial charge in [-0.25, -0.2) is 0 Å². The molecule has 0 saturated heterocycles. The van der Waals surface area contributed by atoms with Gasteiger partial charge in [-0.05, 0) is 32.9 Å². The van der Waals surface area contributed by atoms with Crippen molar-refractivity contribution in [2.24, 2.45) is 0 Å². The minimum absolute atomic E-state index is 0.0363. The van der Waals surface area contributed by atoms with Gasteiger partial charge in [-0.1, -0.05) is 23.2 Å². The number of carbonyl (C=O) groups is 1. The molecule has 5 heteroatoms. The number of benzene rings is 1. The molecule has 0 atom stereocenters. The zero-order valence-corrected chi connectivity index (χ0v) is 11.5. The SMILES string of the molecule is CC(C)(C)N1CC(=O)Nc2cc(Cl)c(Cl)cc21. The molecule has 0 aliphatic carbocycles. The van der Waals surface area contributed by atoms with E-state index in [0.717, 1.165) is 5.69 Å². The van der Waals surface area contributed by atoms with Crippen LogP contribution in [0.4, 0.5) is 11.4 Å². The molecule has 0 bridgehead atoms. The number of fused-ring (bicyclic) bond motifs is 1. The molecule has 3 nitrogen and oxygen atoms in total. The van der Waals surface area contributed by atoms with Gasteiger partial charge in [-0.3, -0.25) is 4.79 Å². The van der Waals surface area contributed by atoms with Crippen LogP contribution in [0.1, 0.15) is 20.8 Å². The van der Waals surface area contributed by atoms with Gasteiger partial charge in [0.2, 0.25) is 5.91 Å². The number of hydrogen-bond acceptors (Lipinski definition) is 2. The monoisotopic (exact) mass is 272 g/mol. The van der Waals surface area contributed by atoms with E-state index in [1.54, 1.807) is 12.1 Å². The molecule has 0 spiro atoms. The number of carbonyl (C=O) groups excluding carboxylic acids is 1. The first-order valence-corrected chi connectivity index (χ1v) is 6.11. The van der Waals surface area contributed by atoms with Gasteiger partial charge in [0.05, 0.1) is 28.0 Å². The van der Waals surface area contributed by atoms with E-state index in [-0.39, 0.29) is 11.4 Å². The lowest BCUT2D eigenvalue weighted by molar-refractivity contribution is -0.115. The molecule has 1 aliphatic rings. The van der Waals surface area contributed by atoms with Gasteiger partial charge >= 0.3 is 0 Å². The lowest BCUT2D eigenvalue weighted by Crippen LogP contribution is -2.48. The van der Waals surface area contributed by atoms with E-state index < -0.39 is 0 Å². The topological polar surface area (TPSA) is 32.3 Å². The van der Waals surface area contributed by atoms with E-state index in [0.29, 0.717) is 22.3 Å². The Morgan fingerprint density at radius 3 is 2.41 bits per heavy atom. The molecule has 1 aromatic rings. The Morgan fingerprint density at radius 2 is 1.82 bits per heavy atom. The van der Waals surface area contributed by atoms with Crippen LogP contribution < -0.4 is 10.2 Å². The molecule has 0 fully saturated rings. The fourth-order valence-corrected chi connectivity index (χ4v) is 2.20. The van der Waals surface area contributed by atoms with Gasteiger partial charge in [-0.15, -0.1) is 0 Å². The molecule has 0 unspecified atom stereocenters. The van der Waals surface area contributed by atoms with Gasteiger partial charge < -0.3 is 10.2 Å². The quantitative estimate of drug-likeness (QED) is 0.784. The Balaban J connectivity index is 2.56. The number of halogens is 2. The van der Waals surface area contributed by atoms with E-state index in [1.807, 2.05) is 4.90 Å². The van der Waals surface area contributed by atoms with Crippen molar-refractivity contribution in [3.8, 4) is 0 Å². The summed E-state index contributed by atoms with van der Waals surface area (Å²) < 4.78 is 0. The van der Waals surface area contributed by atoms with Crippen molar-refractivity contribution in [1.29, 1.82) is 0 Å². The van der Waals surface area contributed by atoms with Gasteiger partial charge in [0.15, 0.2) is 0 Å². The van der Waals surface area contributed by atoms with Crippen LogP contribution >= 0.6 is 23.2 Å². The van der Waals surface area contributed by atoms with Gasteiger partial charge in [-0.2, -0.15) is 0 Å². The maximum absolute atomic E-state index is 11.7. The van der Waals surface area contributed by atoms with Crippen molar-refractivity contribution in [3.05, 3.63) is 22.2 Å². The summed E-state index contributed by atoms with van der Waals surface area (Å²) in [4.78, 5) is 13.7. The molecule has 1 amide bonds. The van der Waals surface area contributed by atoms with Gasteiger partial charge in [0.25, 0.3) is 0 Å². The fourth-order valence-electron chi connectivity index (χ4n) is 1.88. The summed E-state index contributed by atoms with van der Waals surface area (Å²) in [7, 11) is 0. The van der Waals surface area contributed by atoms with Crippen LogP contribution in [0, 0.1) is 0 Å². The standard InChI is InChI=1S/C12H14Cl2N2O/c1-12(2,3)16-6-11(17)15-9-4-7(13)8(14)5-10(9)16/h4-5H,6H2,1-3H3,(H,15,17). The van der Waals surface area contributed by atoms with E-state index in [1.165, 1.54) is 0 Å². The summed E-state index contributed by atoms with van der Waals surface area (Å²) in [5.41, 5.74) is 1.47. The summed E-state index contributed by atoms with van der Waals surface area (Å²) in [6.45, 7) is 6.49. The van der Waals surface area contributed by atoms with Crippen molar-refractivity contribution in [3.63, 3.8) is 0 Å². The average Bonchev–Trinajstić information content (AvgIpc) is 2.18. The molecule has 1 aromatic carbocycles. The number of hydrogen-bond donors (Lipinski definition) is 1. The molecule has 1 N–H and O–H groups in total. The molecular weight excluding hydrogens is 259 g/mol. The third-order valence-electron chi connectivity index (χ3n) is 2.71. The maximum atomic E-state index is 11.7. The first kappa shape index (κ1) is 12.5. The number of anilines is 2. The third kappa shape index (κ3) is 2.35. The highest BCUT2D eigenvalue weighted by atomic mass is 35.5. The Bertz CT molecular complexity index is 480. The summed E-state index contributed by atoms with van der Waals surface area (Å²) in [5, 5.41) is 3.75. The second-order valence-corrected chi connectivity index (χ2v) is 5.90.